The van der Waals surface area contributed by atoms with Gasteiger partial charge in [0.05, 0.1) is 18.0 Å². The van der Waals surface area contributed by atoms with Crippen LogP contribution in [0, 0.1) is 0 Å². The molecule has 8 heteroatoms. The van der Waals surface area contributed by atoms with Crippen molar-refractivity contribution in [2.45, 2.75) is 19.8 Å². The Morgan fingerprint density at radius 2 is 1.72 bits per heavy atom. The summed E-state index contributed by atoms with van der Waals surface area (Å²) in [7, 11) is 0. The zero-order chi connectivity index (χ0) is 22.5. The molecule has 1 aliphatic heterocycles. The first-order valence-corrected chi connectivity index (χ1v) is 10.7. The minimum atomic E-state index is -0.545. The minimum absolute atomic E-state index is 0.00369. The predicted molar refractivity (Wildman–Crippen MR) is 126 cm³/mol. The third kappa shape index (κ3) is 4.76. The number of aromatic nitrogens is 2. The van der Waals surface area contributed by atoms with Crippen LogP contribution in [0.3, 0.4) is 0 Å². The number of carbonyl (C=O) groups excluding carboxylic acids is 2. The van der Waals surface area contributed by atoms with Crippen molar-refractivity contribution >= 4 is 35.2 Å². The third-order valence-corrected chi connectivity index (χ3v) is 5.10. The monoisotopic (exact) mass is 446 g/mol. The number of para-hydroxylation sites is 1. The van der Waals surface area contributed by atoms with Gasteiger partial charge in [-0.1, -0.05) is 31.5 Å². The van der Waals surface area contributed by atoms with Gasteiger partial charge >= 0.3 is 0 Å². The Balaban J connectivity index is 1.73. The van der Waals surface area contributed by atoms with E-state index in [4.69, 9.17) is 22.1 Å². The minimum Gasteiger partial charge on any atom is -0.494 e. The first-order valence-electron chi connectivity index (χ1n) is 10.3. The molecule has 2 aromatic carbocycles. The maximum atomic E-state index is 12.3. The maximum absolute atomic E-state index is 12.3. The van der Waals surface area contributed by atoms with Crippen molar-refractivity contribution in [3.8, 4) is 22.7 Å². The molecule has 7 nitrogen and oxygen atoms in total. The van der Waals surface area contributed by atoms with E-state index in [2.05, 4.69) is 17.6 Å². The Kier molecular flexibility index (Phi) is 6.42. The van der Waals surface area contributed by atoms with Crippen molar-refractivity contribution in [1.82, 2.24) is 20.4 Å². The predicted octanol–water partition coefficient (Wildman–Crippen LogP) is 3.63. The van der Waals surface area contributed by atoms with Gasteiger partial charge in [-0.05, 0) is 61.1 Å². The van der Waals surface area contributed by atoms with Gasteiger partial charge in [-0.15, -0.1) is 0 Å². The largest absolute Gasteiger partial charge is 0.494 e. The average molecular weight is 447 g/mol. The van der Waals surface area contributed by atoms with Gasteiger partial charge in [0.2, 0.25) is 0 Å². The summed E-state index contributed by atoms with van der Waals surface area (Å²) in [6.45, 7) is 2.79. The number of hydrogen-bond donors (Lipinski definition) is 2. The molecule has 0 spiro atoms. The average Bonchev–Trinajstić information content (AvgIpc) is 3.21. The fraction of sp³-hybridized carbons (Fsp3) is 0.167. The highest BCUT2D eigenvalue weighted by molar-refractivity contribution is 7.80. The number of thiocarbonyl (C=S) groups is 1. The fourth-order valence-corrected chi connectivity index (χ4v) is 3.42. The summed E-state index contributed by atoms with van der Waals surface area (Å²) in [5, 5.41) is 9.64. The summed E-state index contributed by atoms with van der Waals surface area (Å²) in [6.07, 6.45) is 5.38. The molecule has 0 atom stereocenters. The number of benzene rings is 2. The molecule has 2 heterocycles. The molecule has 162 valence electrons. The van der Waals surface area contributed by atoms with Gasteiger partial charge in [0.1, 0.15) is 11.3 Å². The van der Waals surface area contributed by atoms with E-state index in [-0.39, 0.29) is 10.7 Å². The Morgan fingerprint density at radius 1 is 1.03 bits per heavy atom. The van der Waals surface area contributed by atoms with E-state index in [1.807, 2.05) is 54.6 Å². The summed E-state index contributed by atoms with van der Waals surface area (Å²) in [6, 6.07) is 17.2. The Morgan fingerprint density at radius 3 is 2.38 bits per heavy atom. The molecule has 2 amide bonds. The molecule has 3 aromatic rings. The van der Waals surface area contributed by atoms with Crippen LogP contribution in [0.25, 0.3) is 23.0 Å². The van der Waals surface area contributed by atoms with Gasteiger partial charge in [0, 0.05) is 17.3 Å². The highest BCUT2D eigenvalue weighted by atomic mass is 32.1. The van der Waals surface area contributed by atoms with Crippen LogP contribution in [0.2, 0.25) is 0 Å². The van der Waals surface area contributed by atoms with Crippen molar-refractivity contribution < 1.29 is 14.3 Å². The lowest BCUT2D eigenvalue weighted by molar-refractivity contribution is -0.123. The normalized spacial score (nSPS) is 13.5. The third-order valence-electron chi connectivity index (χ3n) is 4.90. The number of nitrogens with one attached hydrogen (secondary N) is 2. The van der Waals surface area contributed by atoms with E-state index < -0.39 is 11.8 Å². The lowest BCUT2D eigenvalue weighted by Gasteiger charge is -2.16. The van der Waals surface area contributed by atoms with Crippen LogP contribution in [0.1, 0.15) is 25.3 Å². The molecule has 0 radical (unpaired) electrons. The molecule has 0 saturated carbocycles. The highest BCUT2D eigenvalue weighted by Crippen LogP contribution is 2.28. The number of unbranched alkanes of at least 4 members (excludes halogenated alkanes) is 1. The number of nitrogens with zero attached hydrogens (tertiary/aromatic N) is 2. The zero-order valence-corrected chi connectivity index (χ0v) is 18.3. The molecule has 1 aliphatic rings. The summed E-state index contributed by atoms with van der Waals surface area (Å²) in [5.41, 5.74) is 2.92. The molecule has 1 fully saturated rings. The molecule has 0 aliphatic carbocycles. The smallest absolute Gasteiger partial charge is 0.263 e. The van der Waals surface area contributed by atoms with E-state index in [1.54, 1.807) is 10.9 Å². The van der Waals surface area contributed by atoms with Gasteiger partial charge in [0.25, 0.3) is 11.8 Å². The topological polar surface area (TPSA) is 85.2 Å². The van der Waals surface area contributed by atoms with Crippen molar-refractivity contribution in [3.05, 3.63) is 71.9 Å². The maximum Gasteiger partial charge on any atom is 0.263 e. The van der Waals surface area contributed by atoms with E-state index in [1.165, 1.54) is 6.08 Å². The van der Waals surface area contributed by atoms with Gasteiger partial charge in [0.15, 0.2) is 5.11 Å². The van der Waals surface area contributed by atoms with E-state index >= 15 is 0 Å². The second-order valence-electron chi connectivity index (χ2n) is 7.23. The lowest BCUT2D eigenvalue weighted by Crippen LogP contribution is -2.51. The molecule has 4 rings (SSSR count). The molecule has 1 aromatic heterocycles. The zero-order valence-electron chi connectivity index (χ0n) is 17.5. The Bertz CT molecular complexity index is 1160. The van der Waals surface area contributed by atoms with Crippen molar-refractivity contribution in [2.75, 3.05) is 6.61 Å². The Hall–Kier alpha value is -3.78. The Labute approximate surface area is 191 Å². The fourth-order valence-electron chi connectivity index (χ4n) is 3.24. The van der Waals surface area contributed by atoms with Crippen LogP contribution in [0.4, 0.5) is 0 Å². The molecule has 0 bridgehead atoms. The molecule has 1 saturated heterocycles. The quantitative estimate of drug-likeness (QED) is 0.251. The van der Waals surface area contributed by atoms with Crippen LogP contribution in [0.5, 0.6) is 5.75 Å². The summed E-state index contributed by atoms with van der Waals surface area (Å²) in [5.74, 6) is -0.308. The van der Waals surface area contributed by atoms with Crippen LogP contribution in [0.15, 0.2) is 66.4 Å². The van der Waals surface area contributed by atoms with E-state index in [0.29, 0.717) is 17.9 Å². The van der Waals surface area contributed by atoms with Gasteiger partial charge < -0.3 is 4.74 Å². The molecule has 32 heavy (non-hydrogen) atoms. The second kappa shape index (κ2) is 9.57. The summed E-state index contributed by atoms with van der Waals surface area (Å²) >= 11 is 4.88. The van der Waals surface area contributed by atoms with Crippen LogP contribution >= 0.6 is 12.2 Å². The number of amides is 2. The molecular formula is C24H22N4O3S. The van der Waals surface area contributed by atoms with Crippen molar-refractivity contribution in [1.29, 1.82) is 0 Å². The van der Waals surface area contributed by atoms with Gasteiger partial charge in [-0.2, -0.15) is 5.10 Å². The number of ether oxygens (including phenoxy) is 1. The number of rotatable bonds is 7. The van der Waals surface area contributed by atoms with Crippen LogP contribution in [-0.2, 0) is 9.59 Å². The van der Waals surface area contributed by atoms with Gasteiger partial charge in [-0.25, -0.2) is 4.68 Å². The van der Waals surface area contributed by atoms with E-state index in [0.717, 1.165) is 29.8 Å². The van der Waals surface area contributed by atoms with Crippen molar-refractivity contribution in [2.24, 2.45) is 0 Å². The summed E-state index contributed by atoms with van der Waals surface area (Å²) in [4.78, 5) is 24.7. The number of carbonyl (C=O) groups is 2. The lowest BCUT2D eigenvalue weighted by atomic mass is 10.0. The second-order valence-corrected chi connectivity index (χ2v) is 7.64. The SMILES string of the molecule is CCCCOc1ccc(-c2nn(-c3ccccc3)cc2C=C2C(=O)NC(=S)NC2=O)cc1. The molecule has 0 unspecified atom stereocenters. The number of hydrogen-bond acceptors (Lipinski definition) is 5. The first kappa shape index (κ1) is 21.5. The van der Waals surface area contributed by atoms with Crippen molar-refractivity contribution in [3.63, 3.8) is 0 Å². The molecule has 2 N–H and O–H groups in total. The van der Waals surface area contributed by atoms with E-state index in [9.17, 15) is 9.59 Å². The standard InChI is InChI=1S/C24H22N4O3S/c1-2-3-13-31-19-11-9-16(10-12-19)21-17(14-20-22(29)25-24(32)26-23(20)30)15-28(27-21)18-7-5-4-6-8-18/h4-12,14-15H,2-3,13H2,1H3,(H2,25,26,29,30,32). The highest BCUT2D eigenvalue weighted by Gasteiger charge is 2.26. The van der Waals surface area contributed by atoms with Crippen LogP contribution < -0.4 is 15.4 Å². The summed E-state index contributed by atoms with van der Waals surface area (Å²) < 4.78 is 7.47. The first-order chi connectivity index (χ1) is 15.5. The molecular weight excluding hydrogens is 424 g/mol. The van der Waals surface area contributed by atoms with Crippen LogP contribution in [-0.4, -0.2) is 33.3 Å². The van der Waals surface area contributed by atoms with Gasteiger partial charge in [-0.3, -0.25) is 20.2 Å².